The van der Waals surface area contributed by atoms with Gasteiger partial charge < -0.3 is 9.90 Å². The van der Waals surface area contributed by atoms with E-state index in [0.29, 0.717) is 12.1 Å². The third kappa shape index (κ3) is 5.02. The minimum absolute atomic E-state index is 0. The van der Waals surface area contributed by atoms with Crippen LogP contribution in [-0.2, 0) is 19.3 Å². The zero-order valence-corrected chi connectivity index (χ0v) is 14.7. The third-order valence-corrected chi connectivity index (χ3v) is 3.72. The Labute approximate surface area is 164 Å². The summed E-state index contributed by atoms with van der Waals surface area (Å²) >= 11 is 0. The van der Waals surface area contributed by atoms with Crippen molar-refractivity contribution in [2.45, 2.75) is 26.2 Å². The molecule has 0 saturated heterocycles. The monoisotopic (exact) mass is 370 g/mol. The van der Waals surface area contributed by atoms with Gasteiger partial charge in [-0.3, -0.25) is 9.36 Å². The SMILES string of the molecule is Cc1cnn(Cc2ccc(Cn3cc(C(=O)[O-])c(C(F)(F)F)n3)cc2)c1.[Li+]. The maximum Gasteiger partial charge on any atom is 1.00 e. The van der Waals surface area contributed by atoms with Crippen LogP contribution >= 0.6 is 0 Å². The molecule has 0 atom stereocenters. The molecule has 0 saturated carbocycles. The van der Waals surface area contributed by atoms with Crippen molar-refractivity contribution in [3.63, 3.8) is 0 Å². The summed E-state index contributed by atoms with van der Waals surface area (Å²) in [7, 11) is 0. The molecule has 2 aromatic heterocycles. The number of carbonyl (C=O) groups excluding carboxylic acids is 1. The second-order valence-electron chi connectivity index (χ2n) is 5.91. The van der Waals surface area contributed by atoms with Crippen molar-refractivity contribution >= 4 is 5.97 Å². The van der Waals surface area contributed by atoms with Crippen LogP contribution in [0.15, 0.2) is 42.9 Å². The fourth-order valence-electron chi connectivity index (χ4n) is 2.54. The minimum Gasteiger partial charge on any atom is -0.545 e. The number of carboxylic acid groups (broad SMARTS) is 1. The van der Waals surface area contributed by atoms with E-state index in [1.165, 1.54) is 0 Å². The van der Waals surface area contributed by atoms with Gasteiger partial charge in [0.25, 0.3) is 0 Å². The summed E-state index contributed by atoms with van der Waals surface area (Å²) in [6.07, 6.45) is -0.373. The number of aromatic carboxylic acids is 1. The zero-order chi connectivity index (χ0) is 18.9. The summed E-state index contributed by atoms with van der Waals surface area (Å²) in [4.78, 5) is 10.9. The van der Waals surface area contributed by atoms with Crippen molar-refractivity contribution in [1.29, 1.82) is 0 Å². The topological polar surface area (TPSA) is 75.8 Å². The molecule has 3 rings (SSSR count). The molecule has 0 spiro atoms. The van der Waals surface area contributed by atoms with Gasteiger partial charge in [-0.2, -0.15) is 23.4 Å². The molecule has 0 unspecified atom stereocenters. The quantitative estimate of drug-likeness (QED) is 0.533. The smallest absolute Gasteiger partial charge is 0.545 e. The van der Waals surface area contributed by atoms with Crippen molar-refractivity contribution in [1.82, 2.24) is 19.6 Å². The van der Waals surface area contributed by atoms with E-state index in [9.17, 15) is 23.1 Å². The molecule has 3 aromatic rings. The van der Waals surface area contributed by atoms with Crippen molar-refractivity contribution in [3.05, 3.63) is 70.8 Å². The summed E-state index contributed by atoms with van der Waals surface area (Å²) in [5.74, 6) is -1.91. The molecule has 0 aliphatic rings. The molecule has 0 radical (unpaired) electrons. The van der Waals surface area contributed by atoms with E-state index in [4.69, 9.17) is 0 Å². The Hall–Kier alpha value is -2.50. The van der Waals surface area contributed by atoms with Crippen LogP contribution in [0, 0.1) is 6.92 Å². The zero-order valence-electron chi connectivity index (χ0n) is 14.7. The first-order valence-corrected chi connectivity index (χ1v) is 7.65. The Kier molecular flexibility index (Phi) is 6.18. The maximum absolute atomic E-state index is 12.8. The van der Waals surface area contributed by atoms with Crippen molar-refractivity contribution in [2.75, 3.05) is 0 Å². The van der Waals surface area contributed by atoms with Crippen LogP contribution in [-0.4, -0.2) is 25.5 Å². The van der Waals surface area contributed by atoms with Gasteiger partial charge in [-0.25, -0.2) is 0 Å². The average Bonchev–Trinajstić information content (AvgIpc) is 3.15. The van der Waals surface area contributed by atoms with Gasteiger partial charge in [0.2, 0.25) is 0 Å². The molecule has 0 aliphatic heterocycles. The largest absolute Gasteiger partial charge is 1.00 e. The summed E-state index contributed by atoms with van der Waals surface area (Å²) in [6.45, 7) is 2.52. The van der Waals surface area contributed by atoms with E-state index >= 15 is 0 Å². The molecular weight excluding hydrogens is 356 g/mol. The van der Waals surface area contributed by atoms with E-state index in [1.54, 1.807) is 23.0 Å². The molecule has 0 bridgehead atoms. The second-order valence-corrected chi connectivity index (χ2v) is 5.91. The number of benzene rings is 1. The molecule has 27 heavy (non-hydrogen) atoms. The summed E-state index contributed by atoms with van der Waals surface area (Å²) in [5, 5.41) is 18.4. The van der Waals surface area contributed by atoms with Gasteiger partial charge in [-0.05, 0) is 23.6 Å². The Morgan fingerprint density at radius 3 is 2.04 bits per heavy atom. The number of aryl methyl sites for hydroxylation is 1. The number of aromatic nitrogens is 4. The predicted molar refractivity (Wildman–Crippen MR) is 83.2 cm³/mol. The number of hydrogen-bond donors (Lipinski definition) is 0. The van der Waals surface area contributed by atoms with Crippen LogP contribution in [0.25, 0.3) is 0 Å². The Morgan fingerprint density at radius 1 is 1.07 bits per heavy atom. The van der Waals surface area contributed by atoms with Gasteiger partial charge >= 0.3 is 25.0 Å². The normalized spacial score (nSPS) is 11.3. The van der Waals surface area contributed by atoms with Crippen molar-refractivity contribution in [2.24, 2.45) is 0 Å². The molecule has 1 aromatic carbocycles. The molecule has 0 N–H and O–H groups in total. The number of nitrogens with zero attached hydrogens (tertiary/aromatic N) is 4. The Bertz CT molecular complexity index is 933. The summed E-state index contributed by atoms with van der Waals surface area (Å²) in [6, 6.07) is 7.17. The van der Waals surface area contributed by atoms with Gasteiger partial charge in [-0.15, -0.1) is 0 Å². The average molecular weight is 370 g/mol. The molecular formula is C17H14F3LiN4O2. The predicted octanol–water partition coefficient (Wildman–Crippen LogP) is -1.13. The molecule has 0 fully saturated rings. The van der Waals surface area contributed by atoms with E-state index in [1.807, 2.05) is 25.3 Å². The number of carbonyl (C=O) groups is 1. The van der Waals surface area contributed by atoms with Crippen LogP contribution in [0.1, 0.15) is 32.7 Å². The van der Waals surface area contributed by atoms with Crippen molar-refractivity contribution < 1.29 is 41.9 Å². The first-order valence-electron chi connectivity index (χ1n) is 7.65. The standard InChI is InChI=1S/C17H15F3N4O2.Li/c1-11-6-21-23(7-11)8-12-2-4-13(5-3-12)9-24-10-14(16(25)26)15(22-24)17(18,19)20;/h2-7,10H,8-9H2,1H3,(H,25,26);/q;+1/p-1. The van der Waals surface area contributed by atoms with Crippen molar-refractivity contribution in [3.8, 4) is 0 Å². The Morgan fingerprint density at radius 2 is 1.63 bits per heavy atom. The fraction of sp³-hybridized carbons (Fsp3) is 0.235. The van der Waals surface area contributed by atoms with E-state index in [2.05, 4.69) is 10.2 Å². The van der Waals surface area contributed by atoms with Crippen LogP contribution in [0.3, 0.4) is 0 Å². The molecule has 0 aliphatic carbocycles. The fourth-order valence-corrected chi connectivity index (χ4v) is 2.54. The first kappa shape index (κ1) is 20.8. The molecule has 136 valence electrons. The Balaban J connectivity index is 0.00000261. The summed E-state index contributed by atoms with van der Waals surface area (Å²) < 4.78 is 41.3. The van der Waals surface area contributed by atoms with Gasteiger partial charge in [0.1, 0.15) is 0 Å². The van der Waals surface area contributed by atoms with Crippen LogP contribution in [0.4, 0.5) is 13.2 Å². The van der Waals surface area contributed by atoms with Gasteiger partial charge in [0, 0.05) is 18.0 Å². The third-order valence-electron chi connectivity index (χ3n) is 3.72. The van der Waals surface area contributed by atoms with E-state index in [0.717, 1.165) is 22.0 Å². The first-order chi connectivity index (χ1) is 12.2. The number of halogens is 3. The number of carboxylic acids is 1. The maximum atomic E-state index is 12.8. The van der Waals surface area contributed by atoms with Crippen LogP contribution < -0.4 is 24.0 Å². The van der Waals surface area contributed by atoms with Crippen LogP contribution in [0.2, 0.25) is 0 Å². The molecule has 2 heterocycles. The van der Waals surface area contributed by atoms with Gasteiger partial charge in [0.05, 0.1) is 25.3 Å². The van der Waals surface area contributed by atoms with Gasteiger partial charge in [-0.1, -0.05) is 24.3 Å². The molecule has 10 heteroatoms. The second kappa shape index (κ2) is 8.02. The van der Waals surface area contributed by atoms with Gasteiger partial charge in [0.15, 0.2) is 5.69 Å². The number of rotatable bonds is 5. The molecule has 6 nitrogen and oxygen atoms in total. The van der Waals surface area contributed by atoms with Crippen LogP contribution in [0.5, 0.6) is 0 Å². The number of alkyl halides is 3. The molecule has 0 amide bonds. The minimum atomic E-state index is -4.85. The van der Waals surface area contributed by atoms with E-state index < -0.39 is 23.4 Å². The number of hydrogen-bond acceptors (Lipinski definition) is 4. The summed E-state index contributed by atoms with van der Waals surface area (Å²) in [5.41, 5.74) is 0.283. The van der Waals surface area contributed by atoms with E-state index in [-0.39, 0.29) is 25.4 Å².